The normalized spacial score (nSPS) is 9.40. The van der Waals surface area contributed by atoms with E-state index in [2.05, 4.69) is 15.9 Å². The van der Waals surface area contributed by atoms with E-state index in [1.54, 1.807) is 12.1 Å². The summed E-state index contributed by atoms with van der Waals surface area (Å²) in [6.45, 7) is 0. The molecular formula is C10H8BrNO3. The Morgan fingerprint density at radius 3 is 2.80 bits per heavy atom. The average Bonchev–Trinajstić information content (AvgIpc) is 2.18. The van der Waals surface area contributed by atoms with Crippen LogP contribution in [0.15, 0.2) is 16.6 Å². The average molecular weight is 270 g/mol. The number of carboxylic acid groups (broad SMARTS) is 1. The van der Waals surface area contributed by atoms with Gasteiger partial charge in [0.2, 0.25) is 0 Å². The third kappa shape index (κ3) is 2.48. The zero-order valence-electron chi connectivity index (χ0n) is 7.95. The second-order valence-electron chi connectivity index (χ2n) is 2.80. The van der Waals surface area contributed by atoms with Crippen molar-refractivity contribution in [2.24, 2.45) is 0 Å². The Bertz CT molecular complexity index is 437. The van der Waals surface area contributed by atoms with Crippen molar-refractivity contribution in [2.75, 3.05) is 7.11 Å². The maximum Gasteiger partial charge on any atom is 0.307 e. The van der Waals surface area contributed by atoms with Crippen molar-refractivity contribution in [1.29, 1.82) is 5.26 Å². The molecule has 1 aromatic carbocycles. The molecule has 1 N–H and O–H groups in total. The minimum atomic E-state index is -0.940. The van der Waals surface area contributed by atoms with Crippen LogP contribution >= 0.6 is 15.9 Å². The number of rotatable bonds is 3. The highest BCUT2D eigenvalue weighted by molar-refractivity contribution is 9.10. The lowest BCUT2D eigenvalue weighted by molar-refractivity contribution is -0.136. The van der Waals surface area contributed by atoms with Crippen LogP contribution in [0.4, 0.5) is 0 Å². The molecule has 0 amide bonds. The third-order valence-electron chi connectivity index (χ3n) is 1.84. The number of nitrogens with zero attached hydrogens (tertiary/aromatic N) is 1. The molecule has 0 heterocycles. The minimum absolute atomic E-state index is 0.131. The van der Waals surface area contributed by atoms with Crippen LogP contribution in [0.5, 0.6) is 5.75 Å². The predicted octanol–water partition coefficient (Wildman–Crippen LogP) is 1.96. The summed E-state index contributed by atoms with van der Waals surface area (Å²) in [5.41, 5.74) is 0.955. The molecule has 1 rings (SSSR count). The topological polar surface area (TPSA) is 70.3 Å². The SMILES string of the molecule is COc1c(CC(=O)O)ccc(C#N)c1Br. The minimum Gasteiger partial charge on any atom is -0.495 e. The first-order valence-corrected chi connectivity index (χ1v) is 4.86. The highest BCUT2D eigenvalue weighted by Gasteiger charge is 2.13. The maximum atomic E-state index is 10.6. The fraction of sp³-hybridized carbons (Fsp3) is 0.200. The lowest BCUT2D eigenvalue weighted by Gasteiger charge is -2.09. The Balaban J connectivity index is 3.25. The molecule has 1 aromatic rings. The van der Waals surface area contributed by atoms with Gasteiger partial charge in [-0.25, -0.2) is 0 Å². The predicted molar refractivity (Wildman–Crippen MR) is 56.7 cm³/mol. The number of nitriles is 1. The van der Waals surface area contributed by atoms with Crippen LogP contribution in [-0.2, 0) is 11.2 Å². The number of hydrogen-bond donors (Lipinski definition) is 1. The van der Waals surface area contributed by atoms with E-state index in [9.17, 15) is 4.79 Å². The van der Waals surface area contributed by atoms with E-state index >= 15 is 0 Å². The van der Waals surface area contributed by atoms with E-state index in [-0.39, 0.29) is 6.42 Å². The van der Waals surface area contributed by atoms with E-state index in [4.69, 9.17) is 15.1 Å². The van der Waals surface area contributed by atoms with Gasteiger partial charge in [-0.15, -0.1) is 0 Å². The van der Waals surface area contributed by atoms with Gasteiger partial charge in [-0.1, -0.05) is 6.07 Å². The van der Waals surface area contributed by atoms with Gasteiger partial charge in [-0.3, -0.25) is 4.79 Å². The standard InChI is InChI=1S/C10H8BrNO3/c1-15-10-6(4-8(13)14)2-3-7(5-12)9(10)11/h2-3H,4H2,1H3,(H,13,14). The van der Waals surface area contributed by atoms with Crippen molar-refractivity contribution in [3.63, 3.8) is 0 Å². The van der Waals surface area contributed by atoms with Crippen LogP contribution in [-0.4, -0.2) is 18.2 Å². The molecule has 4 nitrogen and oxygen atoms in total. The van der Waals surface area contributed by atoms with Crippen LogP contribution in [0.25, 0.3) is 0 Å². The Labute approximate surface area is 95.2 Å². The van der Waals surface area contributed by atoms with Gasteiger partial charge in [-0.05, 0) is 22.0 Å². The fourth-order valence-electron chi connectivity index (χ4n) is 1.21. The van der Waals surface area contributed by atoms with Crippen molar-refractivity contribution < 1.29 is 14.6 Å². The summed E-state index contributed by atoms with van der Waals surface area (Å²) in [4.78, 5) is 10.6. The number of halogens is 1. The zero-order valence-corrected chi connectivity index (χ0v) is 9.54. The van der Waals surface area contributed by atoms with Gasteiger partial charge in [-0.2, -0.15) is 5.26 Å². The van der Waals surface area contributed by atoms with Crippen LogP contribution in [0.3, 0.4) is 0 Å². The van der Waals surface area contributed by atoms with Gasteiger partial charge in [0, 0.05) is 5.56 Å². The van der Waals surface area contributed by atoms with E-state index in [0.717, 1.165) is 0 Å². The van der Waals surface area contributed by atoms with Crippen molar-refractivity contribution in [2.45, 2.75) is 6.42 Å². The Morgan fingerprint density at radius 1 is 1.67 bits per heavy atom. The van der Waals surface area contributed by atoms with E-state index in [1.165, 1.54) is 7.11 Å². The molecule has 0 aliphatic carbocycles. The monoisotopic (exact) mass is 269 g/mol. The summed E-state index contributed by atoms with van der Waals surface area (Å²) in [5, 5.41) is 17.4. The van der Waals surface area contributed by atoms with Gasteiger partial charge < -0.3 is 9.84 Å². The second-order valence-corrected chi connectivity index (χ2v) is 3.59. The quantitative estimate of drug-likeness (QED) is 0.911. The first-order valence-electron chi connectivity index (χ1n) is 4.07. The van der Waals surface area contributed by atoms with Crippen molar-refractivity contribution in [3.8, 4) is 11.8 Å². The first-order chi connectivity index (χ1) is 7.10. The van der Waals surface area contributed by atoms with Crippen LogP contribution in [0.2, 0.25) is 0 Å². The van der Waals surface area contributed by atoms with Crippen molar-refractivity contribution >= 4 is 21.9 Å². The lowest BCUT2D eigenvalue weighted by Crippen LogP contribution is -2.03. The van der Waals surface area contributed by atoms with Gasteiger partial charge in [0.1, 0.15) is 11.8 Å². The molecular weight excluding hydrogens is 262 g/mol. The molecule has 0 radical (unpaired) electrons. The summed E-state index contributed by atoms with van der Waals surface area (Å²) in [6.07, 6.45) is -0.131. The molecule has 78 valence electrons. The molecule has 0 unspecified atom stereocenters. The molecule has 0 fully saturated rings. The second kappa shape index (κ2) is 4.80. The highest BCUT2D eigenvalue weighted by Crippen LogP contribution is 2.32. The van der Waals surface area contributed by atoms with Gasteiger partial charge in [0.05, 0.1) is 23.6 Å². The third-order valence-corrected chi connectivity index (χ3v) is 2.63. The Hall–Kier alpha value is -1.54. The summed E-state index contributed by atoms with van der Waals surface area (Å²) < 4.78 is 5.55. The molecule has 0 aliphatic rings. The summed E-state index contributed by atoms with van der Waals surface area (Å²) in [7, 11) is 1.44. The number of aliphatic carboxylic acids is 1. The lowest BCUT2D eigenvalue weighted by atomic mass is 10.1. The zero-order chi connectivity index (χ0) is 11.4. The Morgan fingerprint density at radius 2 is 2.33 bits per heavy atom. The molecule has 0 aromatic heterocycles. The molecule has 0 bridgehead atoms. The summed E-state index contributed by atoms with van der Waals surface area (Å²) in [6, 6.07) is 5.12. The number of methoxy groups -OCH3 is 1. The molecule has 0 saturated heterocycles. The van der Waals surface area contributed by atoms with Crippen molar-refractivity contribution in [3.05, 3.63) is 27.7 Å². The van der Waals surface area contributed by atoms with Gasteiger partial charge >= 0.3 is 5.97 Å². The molecule has 5 heteroatoms. The van der Waals surface area contributed by atoms with Crippen LogP contribution in [0.1, 0.15) is 11.1 Å². The number of ether oxygens (including phenoxy) is 1. The van der Waals surface area contributed by atoms with Crippen LogP contribution < -0.4 is 4.74 Å². The Kier molecular flexibility index (Phi) is 3.69. The number of hydrogen-bond acceptors (Lipinski definition) is 3. The largest absolute Gasteiger partial charge is 0.495 e. The molecule has 15 heavy (non-hydrogen) atoms. The fourth-order valence-corrected chi connectivity index (χ4v) is 1.84. The smallest absolute Gasteiger partial charge is 0.307 e. The van der Waals surface area contributed by atoms with E-state index in [0.29, 0.717) is 21.3 Å². The number of carbonyl (C=O) groups is 1. The summed E-state index contributed by atoms with van der Waals surface area (Å²) >= 11 is 3.20. The van der Waals surface area contributed by atoms with E-state index < -0.39 is 5.97 Å². The van der Waals surface area contributed by atoms with Crippen LogP contribution in [0, 0.1) is 11.3 Å². The summed E-state index contributed by atoms with van der Waals surface area (Å²) in [5.74, 6) is -0.540. The first kappa shape index (κ1) is 11.5. The van der Waals surface area contributed by atoms with E-state index in [1.807, 2.05) is 6.07 Å². The maximum absolute atomic E-state index is 10.6. The van der Waals surface area contributed by atoms with Gasteiger partial charge in [0.25, 0.3) is 0 Å². The van der Waals surface area contributed by atoms with Crippen molar-refractivity contribution in [1.82, 2.24) is 0 Å². The molecule has 0 atom stereocenters. The molecule has 0 aliphatic heterocycles. The number of carboxylic acids is 1. The highest BCUT2D eigenvalue weighted by atomic mass is 79.9. The number of benzene rings is 1. The molecule has 0 spiro atoms. The van der Waals surface area contributed by atoms with Gasteiger partial charge in [0.15, 0.2) is 0 Å². The molecule has 0 saturated carbocycles.